The summed E-state index contributed by atoms with van der Waals surface area (Å²) in [5.41, 5.74) is 8.46. The lowest BCUT2D eigenvalue weighted by molar-refractivity contribution is -0.660. The number of ether oxygens (including phenoxy) is 1. The molecule has 9 heteroatoms. The van der Waals surface area contributed by atoms with Crippen LogP contribution in [0.25, 0.3) is 17.1 Å². The Morgan fingerprint density at radius 2 is 2.06 bits per heavy atom. The number of aromatic nitrogens is 6. The molecule has 1 N–H and O–H groups in total. The van der Waals surface area contributed by atoms with Crippen molar-refractivity contribution in [2.24, 2.45) is 0 Å². The summed E-state index contributed by atoms with van der Waals surface area (Å²) in [5, 5.41) is 10.3. The van der Waals surface area contributed by atoms with Crippen LogP contribution in [-0.2, 0) is 30.7 Å². The van der Waals surface area contributed by atoms with Crippen molar-refractivity contribution in [2.45, 2.75) is 32.9 Å². The Morgan fingerprint density at radius 3 is 2.88 bits per heavy atom. The first kappa shape index (κ1) is 20.6. The van der Waals surface area contributed by atoms with Crippen LogP contribution in [0.15, 0.2) is 48.9 Å². The minimum atomic E-state index is -0.207. The van der Waals surface area contributed by atoms with Gasteiger partial charge in [0.15, 0.2) is 11.0 Å². The summed E-state index contributed by atoms with van der Waals surface area (Å²) in [6.45, 7) is 5.26. The summed E-state index contributed by atoms with van der Waals surface area (Å²) in [4.78, 5) is 23.7. The van der Waals surface area contributed by atoms with E-state index in [1.807, 2.05) is 36.5 Å². The van der Waals surface area contributed by atoms with Crippen molar-refractivity contribution in [3.63, 3.8) is 0 Å². The van der Waals surface area contributed by atoms with Gasteiger partial charge in [-0.15, -0.1) is 4.68 Å². The van der Waals surface area contributed by atoms with Crippen LogP contribution in [0.2, 0.25) is 0 Å². The maximum absolute atomic E-state index is 11.8. The summed E-state index contributed by atoms with van der Waals surface area (Å²) >= 11 is 0. The molecule has 9 nitrogen and oxygen atoms in total. The second-order valence-corrected chi connectivity index (χ2v) is 8.74. The van der Waals surface area contributed by atoms with Crippen molar-refractivity contribution < 1.29 is 14.2 Å². The van der Waals surface area contributed by atoms with Crippen LogP contribution in [0.1, 0.15) is 38.3 Å². The minimum absolute atomic E-state index is 0.207. The number of nitrogens with one attached hydrogen (secondary N) is 1. The molecule has 2 aliphatic heterocycles. The molecule has 0 unspecified atom stereocenters. The summed E-state index contributed by atoms with van der Waals surface area (Å²) in [7, 11) is 0. The molecule has 2 aromatic heterocycles. The predicted molar refractivity (Wildman–Crippen MR) is 122 cm³/mol. The average Bonchev–Trinajstić information content (AvgIpc) is 3.54. The number of carbonyl (C=O) groups excluding carboxylic acids is 1. The second-order valence-electron chi connectivity index (χ2n) is 8.74. The van der Waals surface area contributed by atoms with Gasteiger partial charge in [0.1, 0.15) is 17.4 Å². The zero-order valence-corrected chi connectivity index (χ0v) is 18.9. The van der Waals surface area contributed by atoms with E-state index in [2.05, 4.69) is 38.4 Å². The van der Waals surface area contributed by atoms with Crippen LogP contribution in [0.3, 0.4) is 0 Å². The van der Waals surface area contributed by atoms with Gasteiger partial charge >= 0.3 is 5.97 Å². The third-order valence-corrected chi connectivity index (χ3v) is 6.77. The van der Waals surface area contributed by atoms with E-state index in [1.54, 1.807) is 11.0 Å². The van der Waals surface area contributed by atoms with E-state index in [9.17, 15) is 4.79 Å². The number of hydrogen-bond donors (Lipinski definition) is 1. The molecule has 4 heterocycles. The molecule has 0 aliphatic carbocycles. The lowest BCUT2D eigenvalue weighted by atomic mass is 9.96. The number of carbonyl (C=O) groups is 1. The molecule has 0 saturated heterocycles. The number of benzene rings is 2. The minimum Gasteiger partial charge on any atom is -0.457 e. The molecule has 2 aliphatic rings. The Morgan fingerprint density at radius 1 is 1.18 bits per heavy atom. The Kier molecular flexibility index (Phi) is 5.10. The van der Waals surface area contributed by atoms with Crippen molar-refractivity contribution >= 4 is 5.97 Å². The predicted octanol–water partition coefficient (Wildman–Crippen LogP) is 2.12. The highest BCUT2D eigenvalue weighted by molar-refractivity contribution is 5.93. The normalized spacial score (nSPS) is 15.1. The van der Waals surface area contributed by atoms with Gasteiger partial charge in [0.2, 0.25) is 0 Å². The van der Waals surface area contributed by atoms with Crippen LogP contribution in [0.5, 0.6) is 0 Å². The molecule has 0 bridgehead atoms. The number of fused-ring (bicyclic) bond motifs is 2. The van der Waals surface area contributed by atoms with E-state index in [0.29, 0.717) is 12.2 Å². The summed E-state index contributed by atoms with van der Waals surface area (Å²) in [5.74, 6) is 0.540. The molecule has 6 rings (SSSR count). The van der Waals surface area contributed by atoms with E-state index in [4.69, 9.17) is 9.72 Å². The van der Waals surface area contributed by atoms with E-state index < -0.39 is 0 Å². The van der Waals surface area contributed by atoms with E-state index >= 15 is 0 Å². The average molecular weight is 455 g/mol. The summed E-state index contributed by atoms with van der Waals surface area (Å²) in [6.07, 6.45) is 5.44. The maximum Gasteiger partial charge on any atom is 0.338 e. The van der Waals surface area contributed by atoms with Gasteiger partial charge < -0.3 is 4.74 Å². The van der Waals surface area contributed by atoms with Crippen molar-refractivity contribution in [3.05, 3.63) is 82.4 Å². The Balaban J connectivity index is 1.13. The largest absolute Gasteiger partial charge is 0.457 e. The Labute approximate surface area is 196 Å². The topological polar surface area (TPSA) is 101 Å². The number of rotatable bonds is 5. The van der Waals surface area contributed by atoms with Gasteiger partial charge in [-0.05, 0) is 54.8 Å². The van der Waals surface area contributed by atoms with Crippen molar-refractivity contribution in [2.75, 3.05) is 13.1 Å². The third kappa shape index (κ3) is 3.73. The first-order valence-corrected chi connectivity index (χ1v) is 11.4. The number of aromatic amines is 1. The SMILES string of the molecule is Cc1c(CCN2CCc3nc(-c4ccc(-[n+]5cnn[nH]5)cc4)ncc3C2)ccc2c1COC2=O. The maximum atomic E-state index is 11.8. The molecule has 0 spiro atoms. The molecular formula is C25H24N7O2+. The van der Waals surface area contributed by atoms with E-state index in [-0.39, 0.29) is 5.97 Å². The molecular weight excluding hydrogens is 430 g/mol. The number of tetrazole rings is 1. The van der Waals surface area contributed by atoms with Gasteiger partial charge in [-0.3, -0.25) is 4.90 Å². The zero-order chi connectivity index (χ0) is 23.1. The van der Waals surface area contributed by atoms with Crippen LogP contribution < -0.4 is 4.68 Å². The fraction of sp³-hybridized carbons (Fsp3) is 0.280. The number of esters is 1. The van der Waals surface area contributed by atoms with Gasteiger partial charge in [-0.2, -0.15) is 0 Å². The molecule has 34 heavy (non-hydrogen) atoms. The lowest BCUT2D eigenvalue weighted by Gasteiger charge is -2.28. The number of cyclic esters (lactones) is 1. The molecule has 0 amide bonds. The molecule has 0 atom stereocenters. The fourth-order valence-electron chi connectivity index (χ4n) is 4.72. The van der Waals surface area contributed by atoms with E-state index in [1.165, 1.54) is 16.7 Å². The molecule has 170 valence electrons. The van der Waals surface area contributed by atoms with Gasteiger partial charge in [0, 0.05) is 48.9 Å². The summed E-state index contributed by atoms with van der Waals surface area (Å²) in [6, 6.07) is 12.0. The van der Waals surface area contributed by atoms with Crippen molar-refractivity contribution in [3.8, 4) is 17.1 Å². The third-order valence-electron chi connectivity index (χ3n) is 6.77. The Bertz CT molecular complexity index is 1370. The first-order chi connectivity index (χ1) is 16.7. The number of H-pyrrole nitrogens is 1. The van der Waals surface area contributed by atoms with Gasteiger partial charge in [-0.1, -0.05) is 11.3 Å². The van der Waals surface area contributed by atoms with Crippen LogP contribution >= 0.6 is 0 Å². The highest BCUT2D eigenvalue weighted by Crippen LogP contribution is 2.27. The van der Waals surface area contributed by atoms with Crippen LogP contribution in [-0.4, -0.2) is 49.5 Å². The smallest absolute Gasteiger partial charge is 0.338 e. The van der Waals surface area contributed by atoms with E-state index in [0.717, 1.165) is 60.8 Å². The molecule has 0 radical (unpaired) electrons. The number of nitrogens with zero attached hydrogens (tertiary/aromatic N) is 6. The zero-order valence-electron chi connectivity index (χ0n) is 18.9. The highest BCUT2D eigenvalue weighted by Gasteiger charge is 2.24. The molecule has 0 fully saturated rings. The van der Waals surface area contributed by atoms with Crippen molar-refractivity contribution in [1.82, 2.24) is 30.4 Å². The van der Waals surface area contributed by atoms with Crippen LogP contribution in [0.4, 0.5) is 0 Å². The van der Waals surface area contributed by atoms with Gasteiger partial charge in [0.25, 0.3) is 6.33 Å². The molecule has 0 saturated carbocycles. The second kappa shape index (κ2) is 8.42. The quantitative estimate of drug-likeness (QED) is 0.364. The van der Waals surface area contributed by atoms with Gasteiger partial charge in [0.05, 0.1) is 11.3 Å². The first-order valence-electron chi connectivity index (χ1n) is 11.4. The van der Waals surface area contributed by atoms with Crippen molar-refractivity contribution in [1.29, 1.82) is 0 Å². The number of hydrogen-bond acceptors (Lipinski definition) is 7. The highest BCUT2D eigenvalue weighted by atomic mass is 16.5. The Hall–Kier alpha value is -3.98. The standard InChI is InChI=1S/C25H23N7O2/c1-16-17(4-7-21-22(16)14-34-25(21)33)8-10-31-11-9-23-19(13-31)12-26-24(28-23)18-2-5-20(6-3-18)32-15-27-29-30-32/h2-7,12,15H,8-11,13-14H2,1H3/p+1. The monoisotopic (exact) mass is 454 g/mol. The van der Waals surface area contributed by atoms with Crippen LogP contribution in [0, 0.1) is 6.92 Å². The summed E-state index contributed by atoms with van der Waals surface area (Å²) < 4.78 is 6.93. The fourth-order valence-corrected chi connectivity index (χ4v) is 4.72. The van der Waals surface area contributed by atoms with Gasteiger partial charge in [-0.25, -0.2) is 14.8 Å². The molecule has 2 aromatic carbocycles. The lowest BCUT2D eigenvalue weighted by Crippen LogP contribution is -2.33. The molecule has 4 aromatic rings.